The van der Waals surface area contributed by atoms with E-state index in [2.05, 4.69) is 6.92 Å². The van der Waals surface area contributed by atoms with Crippen molar-refractivity contribution in [2.75, 3.05) is 6.54 Å². The van der Waals surface area contributed by atoms with Crippen LogP contribution in [0.15, 0.2) is 18.2 Å². The molecule has 1 aliphatic heterocycles. The number of nitrogens with zero attached hydrogens (tertiary/aromatic N) is 1. The van der Waals surface area contributed by atoms with Gasteiger partial charge in [-0.15, -0.1) is 0 Å². The minimum atomic E-state index is 0.210. The van der Waals surface area contributed by atoms with Crippen molar-refractivity contribution in [2.24, 2.45) is 11.7 Å². The normalized spacial score (nSPS) is 18.9. The number of carbonyl (C=O) groups excluding carboxylic acids is 1. The fraction of sp³-hybridized carbons (Fsp3) is 0.429. The molecule has 1 atom stereocenters. The van der Waals surface area contributed by atoms with Crippen LogP contribution in [0.4, 0.5) is 0 Å². The van der Waals surface area contributed by atoms with Crippen molar-refractivity contribution in [1.29, 1.82) is 0 Å². The highest BCUT2D eigenvalue weighted by Gasteiger charge is 2.28. The first-order chi connectivity index (χ1) is 9.01. The van der Waals surface area contributed by atoms with E-state index < -0.39 is 0 Å². The van der Waals surface area contributed by atoms with Crippen LogP contribution in [0.5, 0.6) is 0 Å². The summed E-state index contributed by atoms with van der Waals surface area (Å²) >= 11 is 11.1. The Morgan fingerprint density at radius 1 is 1.58 bits per heavy atom. The van der Waals surface area contributed by atoms with Crippen LogP contribution in [0.25, 0.3) is 0 Å². The van der Waals surface area contributed by atoms with Crippen LogP contribution in [-0.2, 0) is 11.3 Å². The van der Waals surface area contributed by atoms with Gasteiger partial charge >= 0.3 is 0 Å². The van der Waals surface area contributed by atoms with Crippen LogP contribution < -0.4 is 5.73 Å². The molecule has 1 fully saturated rings. The molecule has 0 aromatic heterocycles. The van der Waals surface area contributed by atoms with Crippen LogP contribution in [0.1, 0.15) is 30.9 Å². The molecule has 0 radical (unpaired) electrons. The van der Waals surface area contributed by atoms with E-state index in [1.165, 1.54) is 0 Å². The third-order valence-electron chi connectivity index (χ3n) is 3.57. The minimum absolute atomic E-state index is 0.210. The number of rotatable bonds is 4. The van der Waals surface area contributed by atoms with Gasteiger partial charge in [0.05, 0.1) is 0 Å². The van der Waals surface area contributed by atoms with E-state index in [-0.39, 0.29) is 5.91 Å². The lowest BCUT2D eigenvalue weighted by Gasteiger charge is -2.17. The van der Waals surface area contributed by atoms with Gasteiger partial charge in [0, 0.05) is 30.1 Å². The van der Waals surface area contributed by atoms with E-state index in [1.807, 2.05) is 17.0 Å². The molecule has 1 saturated heterocycles. The zero-order chi connectivity index (χ0) is 14.0. The second kappa shape index (κ2) is 5.88. The van der Waals surface area contributed by atoms with Crippen molar-refractivity contribution in [3.8, 4) is 0 Å². The molecule has 1 amide bonds. The maximum Gasteiger partial charge on any atom is 0.223 e. The highest BCUT2D eigenvalue weighted by molar-refractivity contribution is 7.80. The third-order valence-corrected chi connectivity index (χ3v) is 4.16. The van der Waals surface area contributed by atoms with Crippen molar-refractivity contribution >= 4 is 34.7 Å². The van der Waals surface area contributed by atoms with Gasteiger partial charge in [-0.1, -0.05) is 49.3 Å². The number of amides is 1. The topological polar surface area (TPSA) is 46.3 Å². The molecule has 0 spiro atoms. The van der Waals surface area contributed by atoms with Gasteiger partial charge in [0.2, 0.25) is 5.91 Å². The molecular formula is C14H17ClN2OS. The average molecular weight is 297 g/mol. The van der Waals surface area contributed by atoms with Gasteiger partial charge in [0.15, 0.2) is 0 Å². The van der Waals surface area contributed by atoms with Crippen molar-refractivity contribution in [1.82, 2.24) is 4.90 Å². The Balaban J connectivity index is 2.12. The molecule has 1 aliphatic rings. The quantitative estimate of drug-likeness (QED) is 0.869. The first kappa shape index (κ1) is 14.3. The van der Waals surface area contributed by atoms with Crippen LogP contribution >= 0.6 is 23.8 Å². The van der Waals surface area contributed by atoms with E-state index >= 15 is 0 Å². The lowest BCUT2D eigenvalue weighted by atomic mass is 10.1. The summed E-state index contributed by atoms with van der Waals surface area (Å²) in [6.07, 6.45) is 1.69. The largest absolute Gasteiger partial charge is 0.389 e. The molecule has 1 aromatic carbocycles. The maximum absolute atomic E-state index is 11.9. The Bertz CT molecular complexity index is 518. The number of halogens is 1. The number of nitrogens with two attached hydrogens (primary N) is 1. The smallest absolute Gasteiger partial charge is 0.223 e. The maximum atomic E-state index is 11.9. The Morgan fingerprint density at radius 3 is 2.84 bits per heavy atom. The van der Waals surface area contributed by atoms with Gasteiger partial charge in [-0.25, -0.2) is 0 Å². The lowest BCUT2D eigenvalue weighted by Crippen LogP contribution is -2.24. The first-order valence-corrected chi connectivity index (χ1v) is 7.16. The number of hydrogen-bond acceptors (Lipinski definition) is 2. The summed E-state index contributed by atoms with van der Waals surface area (Å²) in [5.74, 6) is 0.684. The molecule has 0 saturated carbocycles. The number of carbonyl (C=O) groups is 1. The summed E-state index contributed by atoms with van der Waals surface area (Å²) in [6.45, 7) is 3.50. The second-order valence-electron chi connectivity index (χ2n) is 4.92. The molecule has 102 valence electrons. The van der Waals surface area contributed by atoms with E-state index in [0.717, 1.165) is 24.1 Å². The molecule has 1 aromatic rings. The van der Waals surface area contributed by atoms with E-state index in [4.69, 9.17) is 29.6 Å². The SMILES string of the molecule is CCC1CC(=O)N(Cc2ccc(C(N)=S)cc2Cl)C1. The number of benzene rings is 1. The van der Waals surface area contributed by atoms with E-state index in [9.17, 15) is 4.79 Å². The summed E-state index contributed by atoms with van der Waals surface area (Å²) in [4.78, 5) is 14.1. The predicted octanol–water partition coefficient (Wildman–Crippen LogP) is 2.73. The third kappa shape index (κ3) is 3.25. The van der Waals surface area contributed by atoms with Crippen LogP contribution in [0, 0.1) is 5.92 Å². The summed E-state index contributed by atoms with van der Waals surface area (Å²) in [5.41, 5.74) is 7.25. The lowest BCUT2D eigenvalue weighted by molar-refractivity contribution is -0.128. The van der Waals surface area contributed by atoms with Gasteiger partial charge in [-0.05, 0) is 17.5 Å². The Kier molecular flexibility index (Phi) is 4.42. The summed E-state index contributed by atoms with van der Waals surface area (Å²) in [5, 5.41) is 0.609. The summed E-state index contributed by atoms with van der Waals surface area (Å²) in [6, 6.07) is 5.50. The first-order valence-electron chi connectivity index (χ1n) is 6.37. The molecule has 2 rings (SSSR count). The van der Waals surface area contributed by atoms with Gasteiger partial charge in [0.1, 0.15) is 4.99 Å². The molecule has 19 heavy (non-hydrogen) atoms. The Hall–Kier alpha value is -1.13. The van der Waals surface area contributed by atoms with Crippen LogP contribution in [0.2, 0.25) is 5.02 Å². The molecule has 5 heteroatoms. The fourth-order valence-corrected chi connectivity index (χ4v) is 2.68. The molecule has 0 bridgehead atoms. The molecule has 1 unspecified atom stereocenters. The van der Waals surface area contributed by atoms with Crippen LogP contribution in [-0.4, -0.2) is 22.3 Å². The highest BCUT2D eigenvalue weighted by Crippen LogP contribution is 2.25. The Morgan fingerprint density at radius 2 is 2.32 bits per heavy atom. The summed E-state index contributed by atoms with van der Waals surface area (Å²) in [7, 11) is 0. The second-order valence-corrected chi connectivity index (χ2v) is 5.77. The van der Waals surface area contributed by atoms with Crippen molar-refractivity contribution < 1.29 is 4.79 Å². The predicted molar refractivity (Wildman–Crippen MR) is 81.2 cm³/mol. The van der Waals surface area contributed by atoms with Gasteiger partial charge in [-0.3, -0.25) is 4.79 Å². The Labute approximate surface area is 123 Å². The molecule has 2 N–H and O–H groups in total. The molecular weight excluding hydrogens is 280 g/mol. The fourth-order valence-electron chi connectivity index (χ4n) is 2.31. The molecule has 0 aliphatic carbocycles. The van der Waals surface area contributed by atoms with Gasteiger partial charge < -0.3 is 10.6 Å². The standard InChI is InChI=1S/C14H17ClN2OS/c1-2-9-5-13(18)17(7-9)8-11-4-3-10(14(16)19)6-12(11)15/h3-4,6,9H,2,5,7-8H2,1H3,(H2,16,19). The van der Waals surface area contributed by atoms with E-state index in [0.29, 0.717) is 28.9 Å². The number of thiocarbonyl (C=S) groups is 1. The molecule has 1 heterocycles. The zero-order valence-corrected chi connectivity index (χ0v) is 12.4. The van der Waals surface area contributed by atoms with Gasteiger partial charge in [-0.2, -0.15) is 0 Å². The molecule has 3 nitrogen and oxygen atoms in total. The van der Waals surface area contributed by atoms with Gasteiger partial charge in [0.25, 0.3) is 0 Å². The average Bonchev–Trinajstić information content (AvgIpc) is 2.72. The minimum Gasteiger partial charge on any atom is -0.389 e. The monoisotopic (exact) mass is 296 g/mol. The van der Waals surface area contributed by atoms with E-state index in [1.54, 1.807) is 6.07 Å². The zero-order valence-electron chi connectivity index (χ0n) is 10.9. The number of hydrogen-bond donors (Lipinski definition) is 1. The van der Waals surface area contributed by atoms with Crippen LogP contribution in [0.3, 0.4) is 0 Å². The number of likely N-dealkylation sites (tertiary alicyclic amines) is 1. The summed E-state index contributed by atoms with van der Waals surface area (Å²) < 4.78 is 0. The highest BCUT2D eigenvalue weighted by atomic mass is 35.5. The van der Waals surface area contributed by atoms with Crippen molar-refractivity contribution in [3.63, 3.8) is 0 Å². The van der Waals surface area contributed by atoms with Crippen molar-refractivity contribution in [3.05, 3.63) is 34.3 Å². The van der Waals surface area contributed by atoms with Crippen molar-refractivity contribution in [2.45, 2.75) is 26.3 Å².